The standard InChI is InChI=1S/C28H33NO4/c1-4-33-28(30)26(12-8-11-21-9-6-5-7-10-21)27(22-13-17-24(31-2)18-14-22)29-23-15-19-25(32-3)20-16-23/h5-7,9-10,13-20,26-27,29H,4,8,11-12H2,1-3H3/t26-,27-/m0/s1. The summed E-state index contributed by atoms with van der Waals surface area (Å²) in [6.45, 7) is 2.20. The van der Waals surface area contributed by atoms with Gasteiger partial charge in [0.1, 0.15) is 11.5 Å². The Morgan fingerprint density at radius 3 is 2.03 bits per heavy atom. The number of hydrogen-bond acceptors (Lipinski definition) is 5. The minimum atomic E-state index is -0.343. The van der Waals surface area contributed by atoms with Gasteiger partial charge in [0.15, 0.2) is 0 Å². The van der Waals surface area contributed by atoms with Crippen LogP contribution in [-0.2, 0) is 16.0 Å². The molecule has 5 nitrogen and oxygen atoms in total. The van der Waals surface area contributed by atoms with Gasteiger partial charge in [-0.25, -0.2) is 0 Å². The molecule has 0 radical (unpaired) electrons. The molecule has 0 bridgehead atoms. The molecule has 0 aliphatic carbocycles. The number of nitrogens with one attached hydrogen (secondary N) is 1. The van der Waals surface area contributed by atoms with E-state index in [1.54, 1.807) is 14.2 Å². The van der Waals surface area contributed by atoms with Gasteiger partial charge in [-0.1, -0.05) is 42.5 Å². The summed E-state index contributed by atoms with van der Waals surface area (Å²) in [6.07, 6.45) is 2.49. The molecule has 1 N–H and O–H groups in total. The Bertz CT molecular complexity index is 971. The summed E-state index contributed by atoms with van der Waals surface area (Å²) < 4.78 is 16.1. The van der Waals surface area contributed by atoms with Crippen molar-refractivity contribution in [2.45, 2.75) is 32.2 Å². The lowest BCUT2D eigenvalue weighted by Gasteiger charge is -2.28. The van der Waals surface area contributed by atoms with Crippen molar-refractivity contribution in [2.75, 3.05) is 26.1 Å². The molecule has 3 rings (SSSR count). The van der Waals surface area contributed by atoms with Crippen molar-refractivity contribution in [2.24, 2.45) is 5.92 Å². The topological polar surface area (TPSA) is 56.8 Å². The lowest BCUT2D eigenvalue weighted by Crippen LogP contribution is -2.29. The number of anilines is 1. The Labute approximate surface area is 196 Å². The van der Waals surface area contributed by atoms with E-state index in [1.807, 2.05) is 73.7 Å². The highest BCUT2D eigenvalue weighted by Gasteiger charge is 2.31. The average molecular weight is 448 g/mol. The van der Waals surface area contributed by atoms with Crippen LogP contribution < -0.4 is 14.8 Å². The zero-order valence-corrected chi connectivity index (χ0v) is 19.6. The largest absolute Gasteiger partial charge is 0.497 e. The van der Waals surface area contributed by atoms with Crippen LogP contribution in [0.25, 0.3) is 0 Å². The maximum absolute atomic E-state index is 13.1. The molecule has 33 heavy (non-hydrogen) atoms. The first-order chi connectivity index (χ1) is 16.1. The smallest absolute Gasteiger partial charge is 0.311 e. The van der Waals surface area contributed by atoms with Gasteiger partial charge >= 0.3 is 5.97 Å². The molecule has 0 aliphatic rings. The van der Waals surface area contributed by atoms with Gasteiger partial charge in [0, 0.05) is 5.69 Å². The van der Waals surface area contributed by atoms with Crippen LogP contribution in [0.15, 0.2) is 78.9 Å². The molecule has 174 valence electrons. The highest BCUT2D eigenvalue weighted by molar-refractivity contribution is 5.74. The normalized spacial score (nSPS) is 12.5. The van der Waals surface area contributed by atoms with Crippen LogP contribution in [0.1, 0.15) is 36.9 Å². The van der Waals surface area contributed by atoms with E-state index in [0.717, 1.165) is 35.6 Å². The molecule has 0 amide bonds. The molecule has 0 saturated heterocycles. The molecule has 0 aliphatic heterocycles. The predicted octanol–water partition coefficient (Wildman–Crippen LogP) is 6.06. The lowest BCUT2D eigenvalue weighted by molar-refractivity contribution is -0.148. The molecule has 0 aromatic heterocycles. The molecule has 3 aromatic carbocycles. The summed E-state index contributed by atoms with van der Waals surface area (Å²) in [5.74, 6) is 1.03. The fraction of sp³-hybridized carbons (Fsp3) is 0.321. The highest BCUT2D eigenvalue weighted by Crippen LogP contribution is 2.33. The second kappa shape index (κ2) is 12.5. The average Bonchev–Trinajstić information content (AvgIpc) is 2.87. The Morgan fingerprint density at radius 2 is 1.45 bits per heavy atom. The van der Waals surface area contributed by atoms with E-state index < -0.39 is 0 Å². The minimum Gasteiger partial charge on any atom is -0.497 e. The van der Waals surface area contributed by atoms with E-state index in [0.29, 0.717) is 13.0 Å². The van der Waals surface area contributed by atoms with Crippen molar-refractivity contribution in [3.05, 3.63) is 90.0 Å². The fourth-order valence-electron chi connectivity index (χ4n) is 3.93. The quantitative estimate of drug-likeness (QED) is 0.342. The number of carbonyl (C=O) groups excluding carboxylic acids is 1. The summed E-state index contributed by atoms with van der Waals surface area (Å²) in [5, 5.41) is 3.57. The third-order valence-electron chi connectivity index (χ3n) is 5.70. The van der Waals surface area contributed by atoms with Crippen LogP contribution in [0.5, 0.6) is 11.5 Å². The Balaban J connectivity index is 1.87. The van der Waals surface area contributed by atoms with E-state index in [2.05, 4.69) is 17.4 Å². The third-order valence-corrected chi connectivity index (χ3v) is 5.70. The molecule has 0 heterocycles. The van der Waals surface area contributed by atoms with Crippen molar-refractivity contribution in [3.8, 4) is 11.5 Å². The van der Waals surface area contributed by atoms with Crippen molar-refractivity contribution >= 4 is 11.7 Å². The number of benzene rings is 3. The number of carbonyl (C=O) groups is 1. The summed E-state index contributed by atoms with van der Waals surface area (Å²) in [7, 11) is 3.29. The fourth-order valence-corrected chi connectivity index (χ4v) is 3.93. The molecular weight excluding hydrogens is 414 g/mol. The second-order valence-electron chi connectivity index (χ2n) is 7.86. The Kier molecular flexibility index (Phi) is 9.19. The van der Waals surface area contributed by atoms with Gasteiger partial charge < -0.3 is 19.5 Å². The summed E-state index contributed by atoms with van der Waals surface area (Å²) >= 11 is 0. The lowest BCUT2D eigenvalue weighted by atomic mass is 9.87. The van der Waals surface area contributed by atoms with Gasteiger partial charge in [-0.05, 0) is 73.7 Å². The number of aryl methyl sites for hydroxylation is 1. The number of methoxy groups -OCH3 is 2. The number of esters is 1. The molecular formula is C28H33NO4. The second-order valence-corrected chi connectivity index (χ2v) is 7.86. The molecule has 0 saturated carbocycles. The van der Waals surface area contributed by atoms with Crippen molar-refractivity contribution in [1.82, 2.24) is 0 Å². The number of hydrogen-bond donors (Lipinski definition) is 1. The zero-order chi connectivity index (χ0) is 23.5. The minimum absolute atomic E-state index is 0.188. The van der Waals surface area contributed by atoms with E-state index >= 15 is 0 Å². The van der Waals surface area contributed by atoms with Gasteiger partial charge in [-0.3, -0.25) is 4.79 Å². The van der Waals surface area contributed by atoms with Gasteiger partial charge in [0.2, 0.25) is 0 Å². The van der Waals surface area contributed by atoms with Gasteiger partial charge in [0.25, 0.3) is 0 Å². The molecule has 0 spiro atoms. The summed E-state index contributed by atoms with van der Waals surface area (Å²) in [6, 6.07) is 25.7. The first-order valence-corrected chi connectivity index (χ1v) is 11.4. The number of ether oxygens (including phenoxy) is 3. The van der Waals surface area contributed by atoms with Gasteiger partial charge in [-0.2, -0.15) is 0 Å². The van der Waals surface area contributed by atoms with Crippen LogP contribution in [0.4, 0.5) is 5.69 Å². The monoisotopic (exact) mass is 447 g/mol. The van der Waals surface area contributed by atoms with Crippen LogP contribution in [-0.4, -0.2) is 26.8 Å². The zero-order valence-electron chi connectivity index (χ0n) is 19.6. The first-order valence-electron chi connectivity index (χ1n) is 11.4. The Hall–Kier alpha value is -3.47. The molecule has 2 atom stereocenters. The number of rotatable bonds is 12. The first kappa shape index (κ1) is 24.2. The van der Waals surface area contributed by atoms with E-state index in [4.69, 9.17) is 14.2 Å². The SMILES string of the molecule is CCOC(=O)[C@@H](CCCc1ccccc1)[C@@H](Nc1ccc(OC)cc1)c1ccc(OC)cc1. The molecule has 5 heteroatoms. The van der Waals surface area contributed by atoms with Crippen LogP contribution in [0.3, 0.4) is 0 Å². The van der Waals surface area contributed by atoms with Crippen molar-refractivity contribution in [3.63, 3.8) is 0 Å². The molecule has 3 aromatic rings. The third kappa shape index (κ3) is 7.01. The molecule has 0 fully saturated rings. The Morgan fingerprint density at radius 1 is 0.848 bits per heavy atom. The van der Waals surface area contributed by atoms with Crippen LogP contribution in [0.2, 0.25) is 0 Å². The maximum atomic E-state index is 13.1. The molecule has 0 unspecified atom stereocenters. The van der Waals surface area contributed by atoms with Gasteiger partial charge in [-0.15, -0.1) is 0 Å². The van der Waals surface area contributed by atoms with Crippen molar-refractivity contribution < 1.29 is 19.0 Å². The van der Waals surface area contributed by atoms with Crippen LogP contribution in [0, 0.1) is 5.92 Å². The van der Waals surface area contributed by atoms with Crippen LogP contribution >= 0.6 is 0 Å². The highest BCUT2D eigenvalue weighted by atomic mass is 16.5. The summed E-state index contributed by atoms with van der Waals surface area (Å²) in [5.41, 5.74) is 3.18. The van der Waals surface area contributed by atoms with E-state index in [9.17, 15) is 4.79 Å². The maximum Gasteiger partial charge on any atom is 0.311 e. The van der Waals surface area contributed by atoms with Gasteiger partial charge in [0.05, 0.1) is 32.8 Å². The predicted molar refractivity (Wildman–Crippen MR) is 132 cm³/mol. The van der Waals surface area contributed by atoms with Crippen molar-refractivity contribution in [1.29, 1.82) is 0 Å². The van der Waals surface area contributed by atoms with E-state index in [1.165, 1.54) is 5.56 Å². The van der Waals surface area contributed by atoms with E-state index in [-0.39, 0.29) is 17.9 Å². The summed E-state index contributed by atoms with van der Waals surface area (Å²) in [4.78, 5) is 13.1.